The number of anilines is 1. The number of alkyl halides is 3. The number of likely N-dealkylation sites (N-methyl/N-ethyl adjacent to an activating group) is 1. The van der Waals surface area contributed by atoms with E-state index < -0.39 is 30.3 Å². The van der Waals surface area contributed by atoms with E-state index in [0.29, 0.717) is 12.5 Å². The number of benzene rings is 1. The summed E-state index contributed by atoms with van der Waals surface area (Å²) in [4.78, 5) is 25.8. The van der Waals surface area contributed by atoms with E-state index in [9.17, 15) is 27.2 Å². The topological polar surface area (TPSA) is 102 Å². The maximum atomic E-state index is 14.1. The maximum absolute atomic E-state index is 14.1. The Hall–Kier alpha value is -3.57. The molecule has 190 valence electrons. The van der Waals surface area contributed by atoms with E-state index in [1.54, 1.807) is 11.9 Å². The van der Waals surface area contributed by atoms with Crippen LogP contribution in [0.4, 0.5) is 23.4 Å². The van der Waals surface area contributed by atoms with Crippen LogP contribution < -0.4 is 15.8 Å². The highest BCUT2D eigenvalue weighted by atomic mass is 19.4. The van der Waals surface area contributed by atoms with Crippen LogP contribution in [-0.4, -0.2) is 59.9 Å². The molecule has 1 aromatic heterocycles. The summed E-state index contributed by atoms with van der Waals surface area (Å²) >= 11 is 0. The average molecular weight is 497 g/mol. The first-order valence-electron chi connectivity index (χ1n) is 10.9. The van der Waals surface area contributed by atoms with E-state index in [4.69, 9.17) is 5.73 Å². The normalized spacial score (nSPS) is 17.4. The Bertz CT molecular complexity index is 1110. The number of carbonyl (C=O) groups is 2. The molecule has 2 amide bonds. The summed E-state index contributed by atoms with van der Waals surface area (Å²) in [6.45, 7) is 2.37. The molecule has 0 atom stereocenters. The van der Waals surface area contributed by atoms with Crippen LogP contribution in [0.1, 0.15) is 35.7 Å². The Labute approximate surface area is 199 Å². The molecule has 0 bridgehead atoms. The number of nitrogens with zero attached hydrogens (tertiary/aromatic N) is 3. The monoisotopic (exact) mass is 497 g/mol. The van der Waals surface area contributed by atoms with Crippen molar-refractivity contribution in [3.05, 3.63) is 42.2 Å². The highest BCUT2D eigenvalue weighted by molar-refractivity contribution is 6.04. The number of nitrogens with one attached hydrogen (secondary N) is 1. The first kappa shape index (κ1) is 26.0. The molecule has 1 aliphatic carbocycles. The van der Waals surface area contributed by atoms with Gasteiger partial charge in [0, 0.05) is 26.2 Å². The molecule has 0 unspecified atom stereocenters. The third-order valence-electron chi connectivity index (χ3n) is 5.98. The van der Waals surface area contributed by atoms with Crippen LogP contribution in [-0.2, 0) is 4.79 Å². The lowest BCUT2D eigenvalue weighted by Crippen LogP contribution is -2.33. The number of rotatable bonds is 9. The van der Waals surface area contributed by atoms with Crippen LogP contribution in [0.15, 0.2) is 30.9 Å². The predicted octanol–water partition coefficient (Wildman–Crippen LogP) is 3.56. The molecule has 3 rings (SSSR count). The van der Waals surface area contributed by atoms with Gasteiger partial charge in [-0.15, -0.1) is 0 Å². The number of halogens is 4. The lowest BCUT2D eigenvalue weighted by molar-refractivity contribution is -0.153. The summed E-state index contributed by atoms with van der Waals surface area (Å²) < 4.78 is 57.8. The number of hydrogen-bond acceptors (Lipinski definition) is 5. The maximum Gasteiger partial charge on any atom is 0.422 e. The smallest absolute Gasteiger partial charge is 0.422 e. The fourth-order valence-corrected chi connectivity index (χ4v) is 3.98. The summed E-state index contributed by atoms with van der Waals surface area (Å²) in [5.41, 5.74) is 6.60. The molecule has 12 heteroatoms. The van der Waals surface area contributed by atoms with Gasteiger partial charge in [0.1, 0.15) is 17.1 Å². The van der Waals surface area contributed by atoms with Crippen LogP contribution >= 0.6 is 0 Å². The molecular formula is C23H27F4N5O3. The van der Waals surface area contributed by atoms with Gasteiger partial charge in [0.05, 0.1) is 6.04 Å². The van der Waals surface area contributed by atoms with Crippen LogP contribution in [0.3, 0.4) is 0 Å². The molecule has 35 heavy (non-hydrogen) atoms. The zero-order valence-electron chi connectivity index (χ0n) is 19.4. The summed E-state index contributed by atoms with van der Waals surface area (Å²) in [5.74, 6) is -1.86. The Balaban J connectivity index is 1.83. The van der Waals surface area contributed by atoms with E-state index in [1.807, 2.05) is 0 Å². The van der Waals surface area contributed by atoms with Crippen molar-refractivity contribution in [3.8, 4) is 17.0 Å². The molecule has 0 aliphatic heterocycles. The number of ether oxygens (including phenoxy) is 1. The molecule has 8 nitrogen and oxygen atoms in total. The summed E-state index contributed by atoms with van der Waals surface area (Å²) in [5, 5.41) is 6.95. The summed E-state index contributed by atoms with van der Waals surface area (Å²) in [6.07, 6.45) is -1.17. The average Bonchev–Trinajstić information content (AvgIpc) is 3.12. The Morgan fingerprint density at radius 1 is 1.37 bits per heavy atom. The van der Waals surface area contributed by atoms with Gasteiger partial charge in [-0.05, 0) is 49.5 Å². The third-order valence-corrected chi connectivity index (χ3v) is 5.98. The van der Waals surface area contributed by atoms with Crippen LogP contribution in [0.5, 0.6) is 5.75 Å². The molecule has 1 fully saturated rings. The molecular weight excluding hydrogens is 470 g/mol. The minimum atomic E-state index is -4.64. The molecule has 1 heterocycles. The molecule has 1 aromatic carbocycles. The van der Waals surface area contributed by atoms with E-state index in [1.165, 1.54) is 23.9 Å². The lowest BCUT2D eigenvalue weighted by Gasteiger charge is -2.36. The van der Waals surface area contributed by atoms with Gasteiger partial charge in [0.15, 0.2) is 18.2 Å². The number of carbonyl (C=O) groups excluding carboxylic acids is 2. The van der Waals surface area contributed by atoms with Gasteiger partial charge in [0.25, 0.3) is 5.91 Å². The van der Waals surface area contributed by atoms with E-state index in [0.717, 1.165) is 31.4 Å². The van der Waals surface area contributed by atoms with Gasteiger partial charge >= 0.3 is 6.18 Å². The Morgan fingerprint density at radius 3 is 2.66 bits per heavy atom. The molecule has 0 spiro atoms. The van der Waals surface area contributed by atoms with E-state index >= 15 is 0 Å². The van der Waals surface area contributed by atoms with Crippen molar-refractivity contribution >= 4 is 17.6 Å². The molecule has 1 saturated carbocycles. The van der Waals surface area contributed by atoms with Crippen LogP contribution in [0.2, 0.25) is 0 Å². The van der Waals surface area contributed by atoms with Gasteiger partial charge in [-0.2, -0.15) is 18.3 Å². The second kappa shape index (κ2) is 10.4. The molecule has 0 radical (unpaired) electrons. The minimum absolute atomic E-state index is 0.0423. The fourth-order valence-electron chi connectivity index (χ4n) is 3.98. The molecule has 2 aromatic rings. The van der Waals surface area contributed by atoms with Crippen molar-refractivity contribution in [3.63, 3.8) is 0 Å². The third kappa shape index (κ3) is 5.92. The zero-order valence-corrected chi connectivity index (χ0v) is 19.4. The number of aromatic nitrogens is 2. The summed E-state index contributed by atoms with van der Waals surface area (Å²) in [7, 11) is 3.11. The quantitative estimate of drug-likeness (QED) is 0.408. The largest absolute Gasteiger partial charge is 0.481 e. The fraction of sp³-hybridized carbons (Fsp3) is 0.435. The highest BCUT2D eigenvalue weighted by Crippen LogP contribution is 2.43. The molecule has 0 saturated heterocycles. The number of nitrogen functional groups attached to an aromatic ring is 1. The van der Waals surface area contributed by atoms with Crippen molar-refractivity contribution < 1.29 is 31.9 Å². The van der Waals surface area contributed by atoms with Crippen molar-refractivity contribution in [1.29, 1.82) is 0 Å². The van der Waals surface area contributed by atoms with Crippen molar-refractivity contribution in [1.82, 2.24) is 20.0 Å². The standard InChI is InChI=1S/C23H27F4N5O3/c1-4-18(33)31(3)8-7-13-9-15(10-13)32-21(28)19(22(34)29-2)20(30-32)14-5-6-16(24)17(11-14)35-12-23(25,26)27/h4-6,11,13,15H,1,7-10,12,28H2,2-3H3,(H,29,34). The van der Waals surface area contributed by atoms with Crippen LogP contribution in [0, 0.1) is 11.7 Å². The second-order valence-electron chi connectivity index (χ2n) is 8.43. The van der Waals surface area contributed by atoms with E-state index in [2.05, 4.69) is 21.7 Å². The van der Waals surface area contributed by atoms with Crippen molar-refractivity contribution in [2.45, 2.75) is 31.5 Å². The lowest BCUT2D eigenvalue weighted by atomic mass is 9.78. The summed E-state index contributed by atoms with van der Waals surface area (Å²) in [6, 6.07) is 3.21. The van der Waals surface area contributed by atoms with Gasteiger partial charge in [-0.25, -0.2) is 9.07 Å². The van der Waals surface area contributed by atoms with Crippen LogP contribution in [0.25, 0.3) is 11.3 Å². The highest BCUT2D eigenvalue weighted by Gasteiger charge is 2.35. The second-order valence-corrected chi connectivity index (χ2v) is 8.43. The predicted molar refractivity (Wildman–Crippen MR) is 121 cm³/mol. The van der Waals surface area contributed by atoms with Crippen molar-refractivity contribution in [2.75, 3.05) is 33.0 Å². The first-order valence-corrected chi connectivity index (χ1v) is 10.9. The minimum Gasteiger partial charge on any atom is -0.481 e. The van der Waals surface area contributed by atoms with Crippen molar-refractivity contribution in [2.24, 2.45) is 5.92 Å². The molecule has 3 N–H and O–H groups in total. The number of hydrogen-bond donors (Lipinski definition) is 2. The number of amides is 2. The zero-order chi connectivity index (χ0) is 25.9. The molecule has 1 aliphatic rings. The van der Waals surface area contributed by atoms with Gasteiger partial charge < -0.3 is 20.7 Å². The number of nitrogens with two attached hydrogens (primary N) is 1. The van der Waals surface area contributed by atoms with Gasteiger partial charge in [0.2, 0.25) is 5.91 Å². The van der Waals surface area contributed by atoms with E-state index in [-0.39, 0.29) is 34.6 Å². The Kier molecular flexibility index (Phi) is 7.71. The first-order chi connectivity index (χ1) is 16.4. The Morgan fingerprint density at radius 2 is 2.06 bits per heavy atom. The van der Waals surface area contributed by atoms with Gasteiger partial charge in [-0.3, -0.25) is 9.59 Å². The SMILES string of the molecule is C=CC(=O)N(C)CCC1CC(n2nc(-c3ccc(F)c(OCC(F)(F)F)c3)c(C(=O)NC)c2N)C1. The van der Waals surface area contributed by atoms with Gasteiger partial charge in [-0.1, -0.05) is 6.58 Å².